The molecule has 8 heteroatoms. The van der Waals surface area contributed by atoms with Crippen molar-refractivity contribution in [1.82, 2.24) is 15.3 Å². The van der Waals surface area contributed by atoms with Gasteiger partial charge in [0.2, 0.25) is 17.8 Å². The third kappa shape index (κ3) is 4.82. The maximum atomic E-state index is 12.4. The zero-order valence-corrected chi connectivity index (χ0v) is 16.6. The number of aryl methyl sites for hydroxylation is 1. The van der Waals surface area contributed by atoms with Crippen LogP contribution in [0.15, 0.2) is 30.3 Å². The van der Waals surface area contributed by atoms with Crippen LogP contribution in [0.1, 0.15) is 31.4 Å². The fourth-order valence-electron chi connectivity index (χ4n) is 3.66. The largest absolute Gasteiger partial charge is 0.355 e. The summed E-state index contributed by atoms with van der Waals surface area (Å²) in [4.78, 5) is 35.0. The minimum absolute atomic E-state index is 0.0114. The van der Waals surface area contributed by atoms with Crippen LogP contribution in [0, 0.1) is 12.8 Å². The predicted octanol–water partition coefficient (Wildman–Crippen LogP) is 2.59. The topological polar surface area (TPSA) is 99.2 Å². The van der Waals surface area contributed by atoms with Crippen LogP contribution in [-0.4, -0.2) is 41.4 Å². The van der Waals surface area contributed by atoms with Crippen LogP contribution in [0.5, 0.6) is 0 Å². The molecule has 2 aliphatic heterocycles. The molecule has 0 radical (unpaired) electrons. The summed E-state index contributed by atoms with van der Waals surface area (Å²) in [7, 11) is 0. The number of benzene rings is 1. The van der Waals surface area contributed by atoms with Gasteiger partial charge in [-0.25, -0.2) is 4.98 Å². The molecular weight excluding hydrogens is 368 g/mol. The molecule has 3 heterocycles. The van der Waals surface area contributed by atoms with Gasteiger partial charge in [0, 0.05) is 49.2 Å². The zero-order chi connectivity index (χ0) is 20.2. The standard InChI is InChI=1S/C21H26N6O2/c1-14-12-18(26-21(23-14)27-10-2-3-11-27)24-16-5-7-17(8-6-16)25-20(29)15-4-9-19(28)22-13-15/h5-8,12,15H,2-4,9-11,13H2,1H3,(H,22,28)(H,25,29)(H,23,24,26). The Bertz CT molecular complexity index is 883. The van der Waals surface area contributed by atoms with Crippen LogP contribution in [0.4, 0.5) is 23.1 Å². The number of aromatic nitrogens is 2. The highest BCUT2D eigenvalue weighted by atomic mass is 16.2. The van der Waals surface area contributed by atoms with E-state index in [1.807, 2.05) is 37.3 Å². The maximum absolute atomic E-state index is 12.4. The van der Waals surface area contributed by atoms with Gasteiger partial charge in [0.1, 0.15) is 5.82 Å². The van der Waals surface area contributed by atoms with Gasteiger partial charge in [-0.05, 0) is 50.5 Å². The minimum Gasteiger partial charge on any atom is -0.355 e. The van der Waals surface area contributed by atoms with Crippen molar-refractivity contribution < 1.29 is 9.59 Å². The summed E-state index contributed by atoms with van der Waals surface area (Å²) in [6.07, 6.45) is 3.35. The fourth-order valence-corrected chi connectivity index (χ4v) is 3.66. The van der Waals surface area contributed by atoms with Crippen molar-refractivity contribution in [2.45, 2.75) is 32.6 Å². The zero-order valence-electron chi connectivity index (χ0n) is 16.6. The Morgan fingerprint density at radius 3 is 2.55 bits per heavy atom. The van der Waals surface area contributed by atoms with E-state index in [-0.39, 0.29) is 17.7 Å². The molecule has 1 unspecified atom stereocenters. The lowest BCUT2D eigenvalue weighted by Gasteiger charge is -2.21. The molecule has 8 nitrogen and oxygen atoms in total. The molecule has 152 valence electrons. The van der Waals surface area contributed by atoms with Crippen LogP contribution in [0.2, 0.25) is 0 Å². The second kappa shape index (κ2) is 8.46. The average molecular weight is 394 g/mol. The lowest BCUT2D eigenvalue weighted by Crippen LogP contribution is -2.40. The summed E-state index contributed by atoms with van der Waals surface area (Å²) in [5.74, 6) is 1.30. The number of nitrogens with one attached hydrogen (secondary N) is 3. The third-order valence-corrected chi connectivity index (χ3v) is 5.29. The fraction of sp³-hybridized carbons (Fsp3) is 0.429. The molecule has 0 saturated carbocycles. The summed E-state index contributed by atoms with van der Waals surface area (Å²) in [5, 5.41) is 8.98. The van der Waals surface area contributed by atoms with Crippen molar-refractivity contribution in [3.8, 4) is 0 Å². The van der Waals surface area contributed by atoms with E-state index in [1.165, 1.54) is 12.8 Å². The van der Waals surface area contributed by atoms with Crippen LogP contribution >= 0.6 is 0 Å². The molecule has 29 heavy (non-hydrogen) atoms. The summed E-state index contributed by atoms with van der Waals surface area (Å²) in [6.45, 7) is 4.37. The normalized spacial score (nSPS) is 19.0. The molecule has 0 spiro atoms. The van der Waals surface area contributed by atoms with Gasteiger partial charge in [-0.15, -0.1) is 0 Å². The second-order valence-electron chi connectivity index (χ2n) is 7.62. The lowest BCUT2D eigenvalue weighted by atomic mass is 9.98. The van der Waals surface area contributed by atoms with Crippen molar-refractivity contribution in [3.63, 3.8) is 0 Å². The van der Waals surface area contributed by atoms with Gasteiger partial charge in [0.25, 0.3) is 0 Å². The number of carbonyl (C=O) groups excluding carboxylic acids is 2. The van der Waals surface area contributed by atoms with E-state index < -0.39 is 0 Å². The smallest absolute Gasteiger partial charge is 0.229 e. The van der Waals surface area contributed by atoms with Crippen molar-refractivity contribution >= 4 is 35.0 Å². The Morgan fingerprint density at radius 1 is 1.14 bits per heavy atom. The van der Waals surface area contributed by atoms with Crippen LogP contribution in [0.3, 0.4) is 0 Å². The molecule has 2 aromatic rings. The van der Waals surface area contributed by atoms with E-state index >= 15 is 0 Å². The van der Waals surface area contributed by atoms with Gasteiger partial charge in [0.05, 0.1) is 5.92 Å². The van der Waals surface area contributed by atoms with E-state index in [0.29, 0.717) is 19.4 Å². The summed E-state index contributed by atoms with van der Waals surface area (Å²) < 4.78 is 0. The maximum Gasteiger partial charge on any atom is 0.229 e. The summed E-state index contributed by atoms with van der Waals surface area (Å²) >= 11 is 0. The van der Waals surface area contributed by atoms with E-state index in [9.17, 15) is 9.59 Å². The number of hydrogen-bond donors (Lipinski definition) is 3. The summed E-state index contributed by atoms with van der Waals surface area (Å²) in [6, 6.07) is 9.46. The lowest BCUT2D eigenvalue weighted by molar-refractivity contribution is -0.126. The minimum atomic E-state index is -0.182. The molecule has 0 bridgehead atoms. The number of rotatable bonds is 5. The Hall–Kier alpha value is -3.16. The Labute approximate surface area is 170 Å². The molecule has 3 N–H and O–H groups in total. The van der Waals surface area contributed by atoms with E-state index in [0.717, 1.165) is 41.9 Å². The Balaban J connectivity index is 1.38. The van der Waals surface area contributed by atoms with Gasteiger partial charge in [-0.1, -0.05) is 0 Å². The first-order chi connectivity index (χ1) is 14.1. The highest BCUT2D eigenvalue weighted by Crippen LogP contribution is 2.23. The molecule has 2 amide bonds. The predicted molar refractivity (Wildman–Crippen MR) is 112 cm³/mol. The van der Waals surface area contributed by atoms with Crippen LogP contribution < -0.4 is 20.9 Å². The Morgan fingerprint density at radius 2 is 1.86 bits per heavy atom. The number of hydrogen-bond acceptors (Lipinski definition) is 6. The van der Waals surface area contributed by atoms with E-state index in [4.69, 9.17) is 0 Å². The van der Waals surface area contributed by atoms with E-state index in [1.54, 1.807) is 0 Å². The second-order valence-corrected chi connectivity index (χ2v) is 7.62. The third-order valence-electron chi connectivity index (χ3n) is 5.29. The SMILES string of the molecule is Cc1cc(Nc2ccc(NC(=O)C3CCC(=O)NC3)cc2)nc(N2CCCC2)n1. The van der Waals surface area contributed by atoms with Crippen molar-refractivity contribution in [1.29, 1.82) is 0 Å². The van der Waals surface area contributed by atoms with Crippen molar-refractivity contribution in [3.05, 3.63) is 36.0 Å². The molecule has 2 saturated heterocycles. The van der Waals surface area contributed by atoms with Gasteiger partial charge in [-0.3, -0.25) is 9.59 Å². The molecular formula is C21H26N6O2. The monoisotopic (exact) mass is 394 g/mol. The molecule has 1 aromatic carbocycles. The molecule has 2 aliphatic rings. The number of carbonyl (C=O) groups is 2. The molecule has 1 atom stereocenters. The number of anilines is 4. The highest BCUT2D eigenvalue weighted by Gasteiger charge is 2.24. The van der Waals surface area contributed by atoms with Gasteiger partial charge in [0.15, 0.2) is 0 Å². The van der Waals surface area contributed by atoms with E-state index in [2.05, 4.69) is 30.8 Å². The van der Waals surface area contributed by atoms with Gasteiger partial charge >= 0.3 is 0 Å². The molecule has 4 rings (SSSR count). The van der Waals surface area contributed by atoms with Gasteiger partial charge in [-0.2, -0.15) is 4.98 Å². The average Bonchev–Trinajstić information content (AvgIpc) is 3.24. The van der Waals surface area contributed by atoms with Crippen molar-refractivity contribution in [2.24, 2.45) is 5.92 Å². The first kappa shape index (κ1) is 19.2. The molecule has 0 aliphatic carbocycles. The van der Waals surface area contributed by atoms with Gasteiger partial charge < -0.3 is 20.9 Å². The number of piperidine rings is 1. The quantitative estimate of drug-likeness (QED) is 0.721. The summed E-state index contributed by atoms with van der Waals surface area (Å²) in [5.41, 5.74) is 2.54. The number of nitrogens with zero attached hydrogens (tertiary/aromatic N) is 3. The first-order valence-electron chi connectivity index (χ1n) is 10.1. The Kier molecular flexibility index (Phi) is 5.59. The van der Waals surface area contributed by atoms with Crippen LogP contribution in [-0.2, 0) is 9.59 Å². The van der Waals surface area contributed by atoms with Crippen LogP contribution in [0.25, 0.3) is 0 Å². The molecule has 2 fully saturated rings. The highest BCUT2D eigenvalue weighted by molar-refractivity contribution is 5.94. The first-order valence-corrected chi connectivity index (χ1v) is 10.1. The van der Waals surface area contributed by atoms with Crippen molar-refractivity contribution in [2.75, 3.05) is 35.2 Å². The number of amides is 2. The molecule has 1 aromatic heterocycles.